The third kappa shape index (κ3) is 3.61. The van der Waals surface area contributed by atoms with E-state index >= 15 is 0 Å². The number of benzene rings is 1. The molecule has 1 N–H and O–H groups in total. The third-order valence-electron chi connectivity index (χ3n) is 2.32. The number of halogens is 3. The van der Waals surface area contributed by atoms with E-state index in [-0.39, 0.29) is 10.5 Å². The molecule has 0 radical (unpaired) electrons. The van der Waals surface area contributed by atoms with Crippen molar-refractivity contribution in [1.29, 1.82) is 0 Å². The van der Waals surface area contributed by atoms with Gasteiger partial charge >= 0.3 is 0 Å². The maximum Gasteiger partial charge on any atom is 0.173 e. The van der Waals surface area contributed by atoms with Crippen molar-refractivity contribution in [3.63, 3.8) is 0 Å². The first-order valence-corrected chi connectivity index (χ1v) is 6.28. The molecule has 0 amide bonds. The molecule has 0 bridgehead atoms. The molecule has 1 atom stereocenters. The first-order chi connectivity index (χ1) is 7.97. The van der Waals surface area contributed by atoms with E-state index in [2.05, 4.69) is 21.2 Å². The molecule has 0 aliphatic carbocycles. The Balaban J connectivity index is 3.19. The molecule has 1 aromatic rings. The summed E-state index contributed by atoms with van der Waals surface area (Å²) in [5.74, 6) is -1.68. The highest BCUT2D eigenvalue weighted by Gasteiger charge is 2.16. The van der Waals surface area contributed by atoms with Gasteiger partial charge in [-0.15, -0.1) is 0 Å². The van der Waals surface area contributed by atoms with Gasteiger partial charge in [-0.3, -0.25) is 0 Å². The summed E-state index contributed by atoms with van der Waals surface area (Å²) >= 11 is 3.11. The monoisotopic (exact) mass is 303 g/mol. The van der Waals surface area contributed by atoms with Gasteiger partial charge in [0.15, 0.2) is 11.6 Å². The van der Waals surface area contributed by atoms with Crippen molar-refractivity contribution in [1.82, 2.24) is 5.32 Å². The fourth-order valence-corrected chi connectivity index (χ4v) is 2.16. The zero-order valence-electron chi connectivity index (χ0n) is 10.2. The second-order valence-corrected chi connectivity index (χ2v) is 4.84. The van der Waals surface area contributed by atoms with Gasteiger partial charge in [0.25, 0.3) is 0 Å². The van der Waals surface area contributed by atoms with Gasteiger partial charge in [-0.05, 0) is 48.0 Å². The molecular formula is C13H16BrF2N. The molecule has 94 valence electrons. The number of rotatable bonds is 4. The third-order valence-corrected chi connectivity index (χ3v) is 3.13. The number of hydrogen-bond donors (Lipinski definition) is 1. The van der Waals surface area contributed by atoms with Crippen molar-refractivity contribution in [2.24, 2.45) is 0 Å². The van der Waals surface area contributed by atoms with Gasteiger partial charge in [-0.1, -0.05) is 24.6 Å². The minimum absolute atomic E-state index is 0.116. The van der Waals surface area contributed by atoms with Gasteiger partial charge in [0.1, 0.15) is 0 Å². The lowest BCUT2D eigenvalue weighted by molar-refractivity contribution is 0.499. The van der Waals surface area contributed by atoms with Crippen molar-refractivity contribution in [3.05, 3.63) is 45.5 Å². The van der Waals surface area contributed by atoms with Gasteiger partial charge in [0, 0.05) is 0 Å². The molecule has 0 saturated heterocycles. The van der Waals surface area contributed by atoms with Gasteiger partial charge in [-0.2, -0.15) is 0 Å². The summed E-state index contributed by atoms with van der Waals surface area (Å²) in [6.45, 7) is 6.66. The molecule has 1 nitrogen and oxygen atoms in total. The quantitative estimate of drug-likeness (QED) is 0.644. The molecule has 17 heavy (non-hydrogen) atoms. The minimum atomic E-state index is -0.840. The Morgan fingerprint density at radius 3 is 2.59 bits per heavy atom. The van der Waals surface area contributed by atoms with Crippen LogP contribution in [0.1, 0.15) is 32.4 Å². The fourth-order valence-electron chi connectivity index (χ4n) is 1.59. The van der Waals surface area contributed by atoms with Crippen LogP contribution >= 0.6 is 15.9 Å². The highest BCUT2D eigenvalue weighted by Crippen LogP contribution is 2.29. The largest absolute Gasteiger partial charge is 0.307 e. The molecule has 0 spiro atoms. The van der Waals surface area contributed by atoms with Crippen molar-refractivity contribution >= 4 is 15.9 Å². The number of hydrogen-bond acceptors (Lipinski definition) is 1. The number of likely N-dealkylation sites (N-methyl/N-ethyl adjacent to an activating group) is 1. The predicted octanol–water partition coefficient (Wildman–Crippen LogP) is 4.34. The smallest absolute Gasteiger partial charge is 0.173 e. The van der Waals surface area contributed by atoms with Crippen LogP contribution in [-0.2, 0) is 0 Å². The average Bonchev–Trinajstić information content (AvgIpc) is 2.25. The molecular weight excluding hydrogens is 288 g/mol. The van der Waals surface area contributed by atoms with E-state index in [1.807, 2.05) is 26.8 Å². The van der Waals surface area contributed by atoms with Crippen molar-refractivity contribution in [2.45, 2.75) is 26.8 Å². The summed E-state index contributed by atoms with van der Waals surface area (Å²) in [4.78, 5) is 0. The van der Waals surface area contributed by atoms with Crippen LogP contribution in [0.5, 0.6) is 0 Å². The number of nitrogens with one attached hydrogen (secondary N) is 1. The predicted molar refractivity (Wildman–Crippen MR) is 69.9 cm³/mol. The summed E-state index contributed by atoms with van der Waals surface area (Å²) in [5.41, 5.74) is 1.82. The maximum atomic E-state index is 13.5. The zero-order chi connectivity index (χ0) is 13.0. The van der Waals surface area contributed by atoms with Gasteiger partial charge in [0.05, 0.1) is 10.5 Å². The van der Waals surface area contributed by atoms with Crippen LogP contribution in [0.25, 0.3) is 0 Å². The van der Waals surface area contributed by atoms with Gasteiger partial charge in [-0.25, -0.2) is 8.78 Å². The summed E-state index contributed by atoms with van der Waals surface area (Å²) in [7, 11) is 0. The van der Waals surface area contributed by atoms with Crippen molar-refractivity contribution in [2.75, 3.05) is 6.54 Å². The van der Waals surface area contributed by atoms with Gasteiger partial charge < -0.3 is 5.32 Å². The fraction of sp³-hybridized carbons (Fsp3) is 0.385. The second kappa shape index (κ2) is 6.26. The molecule has 0 aliphatic heterocycles. The van der Waals surface area contributed by atoms with E-state index in [1.165, 1.54) is 0 Å². The Hall–Kier alpha value is -0.740. The Kier molecular flexibility index (Phi) is 5.28. The molecule has 4 heteroatoms. The van der Waals surface area contributed by atoms with Gasteiger partial charge in [0.2, 0.25) is 0 Å². The van der Waals surface area contributed by atoms with Crippen molar-refractivity contribution < 1.29 is 8.78 Å². The summed E-state index contributed by atoms with van der Waals surface area (Å²) in [6.07, 6.45) is 1.99. The Labute approximate surface area is 109 Å². The highest BCUT2D eigenvalue weighted by molar-refractivity contribution is 9.10. The molecule has 0 aromatic heterocycles. The first-order valence-electron chi connectivity index (χ1n) is 5.49. The molecule has 0 fully saturated rings. The molecule has 0 aliphatic rings. The van der Waals surface area contributed by atoms with Crippen LogP contribution in [-0.4, -0.2) is 6.54 Å². The zero-order valence-corrected chi connectivity index (χ0v) is 11.7. The van der Waals surface area contributed by atoms with Crippen LogP contribution in [0, 0.1) is 11.6 Å². The van der Waals surface area contributed by atoms with E-state index in [0.717, 1.165) is 18.2 Å². The van der Waals surface area contributed by atoms with E-state index < -0.39 is 11.6 Å². The Morgan fingerprint density at radius 2 is 2.06 bits per heavy atom. The maximum absolute atomic E-state index is 13.5. The minimum Gasteiger partial charge on any atom is -0.307 e. The lowest BCUT2D eigenvalue weighted by Crippen LogP contribution is -2.20. The summed E-state index contributed by atoms with van der Waals surface area (Å²) in [5, 5.41) is 3.22. The lowest BCUT2D eigenvalue weighted by atomic mass is 10.0. The van der Waals surface area contributed by atoms with Crippen LogP contribution < -0.4 is 5.32 Å². The van der Waals surface area contributed by atoms with E-state index in [9.17, 15) is 8.78 Å². The summed E-state index contributed by atoms with van der Waals surface area (Å²) in [6, 6.07) is 2.63. The molecule has 0 saturated carbocycles. The standard InChI is InChI=1S/C13H16BrF2N/c1-4-17-11(7-8(2)3)9-5-6-10(15)13(16)12(9)14/h5-7,11,17H,4H2,1-3H3. The van der Waals surface area contributed by atoms with Crippen LogP contribution in [0.3, 0.4) is 0 Å². The Bertz CT molecular complexity index is 426. The second-order valence-electron chi connectivity index (χ2n) is 4.04. The topological polar surface area (TPSA) is 12.0 Å². The normalized spacial score (nSPS) is 12.4. The highest BCUT2D eigenvalue weighted by atomic mass is 79.9. The lowest BCUT2D eigenvalue weighted by Gasteiger charge is -2.17. The van der Waals surface area contributed by atoms with E-state index in [1.54, 1.807) is 6.07 Å². The summed E-state index contributed by atoms with van der Waals surface area (Å²) < 4.78 is 26.7. The van der Waals surface area contributed by atoms with Crippen molar-refractivity contribution in [3.8, 4) is 0 Å². The van der Waals surface area contributed by atoms with Crippen LogP contribution in [0.4, 0.5) is 8.78 Å². The average molecular weight is 304 g/mol. The Morgan fingerprint density at radius 1 is 1.41 bits per heavy atom. The van der Waals surface area contributed by atoms with E-state index in [4.69, 9.17) is 0 Å². The molecule has 1 rings (SSSR count). The SMILES string of the molecule is CCNC(C=C(C)C)c1ccc(F)c(F)c1Br. The number of allylic oxidation sites excluding steroid dienone is 1. The molecule has 0 heterocycles. The van der Waals surface area contributed by atoms with Crippen LogP contribution in [0.2, 0.25) is 0 Å². The van der Waals surface area contributed by atoms with Crippen LogP contribution in [0.15, 0.2) is 28.3 Å². The molecule has 1 unspecified atom stereocenters. The van der Waals surface area contributed by atoms with E-state index in [0.29, 0.717) is 5.56 Å². The first kappa shape index (κ1) is 14.3. The molecule has 1 aromatic carbocycles.